The molecule has 0 heterocycles. The smallest absolute Gasteiger partial charge is 0.408 e. The molecule has 1 N–H and O–H groups in total. The molecule has 82 valence electrons. The molecule has 0 saturated heterocycles. The van der Waals surface area contributed by atoms with Gasteiger partial charge in [-0.3, -0.25) is 0 Å². The van der Waals surface area contributed by atoms with E-state index >= 15 is 0 Å². The van der Waals surface area contributed by atoms with Crippen molar-refractivity contribution in [3.05, 3.63) is 35.9 Å². The highest BCUT2D eigenvalue weighted by Gasteiger charge is 2.63. The van der Waals surface area contributed by atoms with Crippen LogP contribution in [-0.4, -0.2) is 17.0 Å². The predicted molar refractivity (Wildman–Crippen MR) is 42.9 cm³/mol. The molecular formula is C9H6F4O2. The third-order valence-corrected chi connectivity index (χ3v) is 1.80. The Kier molecular flexibility index (Phi) is 2.70. The van der Waals surface area contributed by atoms with Crippen LogP contribution in [0.15, 0.2) is 30.3 Å². The second kappa shape index (κ2) is 3.52. The lowest BCUT2D eigenvalue weighted by atomic mass is 10.0. The number of alkyl halides is 4. The van der Waals surface area contributed by atoms with E-state index in [1.165, 1.54) is 6.07 Å². The number of rotatable bonds is 3. The van der Waals surface area contributed by atoms with Crippen molar-refractivity contribution in [1.29, 1.82) is 0 Å². The van der Waals surface area contributed by atoms with Gasteiger partial charge in [0.25, 0.3) is 0 Å². The monoisotopic (exact) mass is 222 g/mol. The van der Waals surface area contributed by atoms with E-state index in [0.717, 1.165) is 24.3 Å². The van der Waals surface area contributed by atoms with Crippen molar-refractivity contribution in [2.45, 2.75) is 11.8 Å². The molecular weight excluding hydrogens is 216 g/mol. The number of carboxylic acids is 1. The van der Waals surface area contributed by atoms with Crippen LogP contribution in [0.2, 0.25) is 0 Å². The minimum absolute atomic E-state index is 0.747. The van der Waals surface area contributed by atoms with Crippen molar-refractivity contribution in [3.8, 4) is 0 Å². The number of halogens is 4. The van der Waals surface area contributed by atoms with Gasteiger partial charge in [-0.2, -0.15) is 17.6 Å². The minimum Gasteiger partial charge on any atom is -0.477 e. The van der Waals surface area contributed by atoms with Gasteiger partial charge in [-0.15, -0.1) is 0 Å². The minimum atomic E-state index is -5.12. The molecule has 6 heteroatoms. The number of hydrogen-bond acceptors (Lipinski definition) is 1. The second-order valence-corrected chi connectivity index (χ2v) is 2.82. The molecule has 0 atom stereocenters. The molecule has 0 spiro atoms. The summed E-state index contributed by atoms with van der Waals surface area (Å²) in [5, 5.41) is 8.01. The average Bonchev–Trinajstić information content (AvgIpc) is 2.18. The van der Waals surface area contributed by atoms with Crippen molar-refractivity contribution in [2.24, 2.45) is 0 Å². The topological polar surface area (TPSA) is 37.3 Å². The van der Waals surface area contributed by atoms with Crippen LogP contribution in [-0.2, 0) is 10.7 Å². The van der Waals surface area contributed by atoms with Gasteiger partial charge >= 0.3 is 17.8 Å². The number of carbonyl (C=O) groups is 1. The van der Waals surface area contributed by atoms with E-state index in [0.29, 0.717) is 0 Å². The Bertz CT molecular complexity index is 362. The molecule has 1 rings (SSSR count). The van der Waals surface area contributed by atoms with Gasteiger partial charge in [0.05, 0.1) is 0 Å². The van der Waals surface area contributed by atoms with Gasteiger partial charge in [0.2, 0.25) is 0 Å². The van der Waals surface area contributed by atoms with Crippen molar-refractivity contribution >= 4 is 5.97 Å². The Morgan fingerprint density at radius 1 is 1.07 bits per heavy atom. The summed E-state index contributed by atoms with van der Waals surface area (Å²) in [6.07, 6.45) is 0. The molecule has 15 heavy (non-hydrogen) atoms. The lowest BCUT2D eigenvalue weighted by molar-refractivity contribution is -0.228. The zero-order valence-corrected chi connectivity index (χ0v) is 7.25. The maximum atomic E-state index is 13.1. The average molecular weight is 222 g/mol. The van der Waals surface area contributed by atoms with Gasteiger partial charge in [-0.05, 0) is 0 Å². The quantitative estimate of drug-likeness (QED) is 0.797. The molecule has 0 aliphatic rings. The fourth-order valence-corrected chi connectivity index (χ4v) is 0.963. The normalized spacial score (nSPS) is 12.5. The summed E-state index contributed by atoms with van der Waals surface area (Å²) in [5.41, 5.74) is -1.03. The summed E-state index contributed by atoms with van der Waals surface area (Å²) in [7, 11) is 0. The van der Waals surface area contributed by atoms with Crippen LogP contribution >= 0.6 is 0 Å². The van der Waals surface area contributed by atoms with Gasteiger partial charge in [0.15, 0.2) is 0 Å². The molecule has 0 radical (unpaired) electrons. The third-order valence-electron chi connectivity index (χ3n) is 1.80. The Morgan fingerprint density at radius 2 is 1.53 bits per heavy atom. The van der Waals surface area contributed by atoms with Gasteiger partial charge in [0.1, 0.15) is 0 Å². The molecule has 0 aromatic heterocycles. The Morgan fingerprint density at radius 3 is 1.93 bits per heavy atom. The van der Waals surface area contributed by atoms with Crippen molar-refractivity contribution in [1.82, 2.24) is 0 Å². The van der Waals surface area contributed by atoms with Crippen molar-refractivity contribution in [2.75, 3.05) is 0 Å². The molecule has 0 fully saturated rings. The van der Waals surface area contributed by atoms with E-state index in [1.54, 1.807) is 0 Å². The van der Waals surface area contributed by atoms with E-state index in [9.17, 15) is 22.4 Å². The van der Waals surface area contributed by atoms with Crippen LogP contribution in [0, 0.1) is 0 Å². The summed E-state index contributed by atoms with van der Waals surface area (Å²) in [6, 6.07) is 5.11. The molecule has 1 aromatic carbocycles. The molecule has 0 bridgehead atoms. The van der Waals surface area contributed by atoms with E-state index < -0.39 is 23.4 Å². The zero-order valence-electron chi connectivity index (χ0n) is 7.25. The molecule has 2 nitrogen and oxygen atoms in total. The fraction of sp³-hybridized carbons (Fsp3) is 0.222. The van der Waals surface area contributed by atoms with Gasteiger partial charge < -0.3 is 5.11 Å². The lowest BCUT2D eigenvalue weighted by Gasteiger charge is -2.22. The Hall–Kier alpha value is -1.59. The summed E-state index contributed by atoms with van der Waals surface area (Å²) in [6.45, 7) is 0. The first kappa shape index (κ1) is 11.5. The zero-order chi connectivity index (χ0) is 11.7. The maximum Gasteiger partial charge on any atom is 0.408 e. The predicted octanol–water partition coefficient (Wildman–Crippen LogP) is 2.50. The van der Waals surface area contributed by atoms with E-state index in [2.05, 4.69) is 0 Å². The van der Waals surface area contributed by atoms with E-state index in [4.69, 9.17) is 5.11 Å². The second-order valence-electron chi connectivity index (χ2n) is 2.82. The fourth-order valence-electron chi connectivity index (χ4n) is 0.963. The van der Waals surface area contributed by atoms with Crippen LogP contribution < -0.4 is 0 Å². The number of benzene rings is 1. The Labute approximate surface area is 82.1 Å². The molecule has 0 saturated carbocycles. The highest BCUT2D eigenvalue weighted by molar-refractivity contribution is 5.77. The highest BCUT2D eigenvalue weighted by Crippen LogP contribution is 2.42. The van der Waals surface area contributed by atoms with Crippen molar-refractivity contribution in [3.63, 3.8) is 0 Å². The third kappa shape index (κ3) is 1.79. The van der Waals surface area contributed by atoms with E-state index in [-0.39, 0.29) is 0 Å². The molecule has 1 aromatic rings. The molecule has 0 unspecified atom stereocenters. The SMILES string of the molecule is O=C(O)C(F)(F)C(F)(F)c1ccccc1. The molecule has 0 aliphatic carbocycles. The molecule has 0 aliphatic heterocycles. The van der Waals surface area contributed by atoms with Crippen LogP contribution in [0.5, 0.6) is 0 Å². The summed E-state index contributed by atoms with van der Waals surface area (Å²) < 4.78 is 51.4. The standard InChI is InChI=1S/C9H6F4O2/c10-8(11,9(12,13)7(14)15)6-4-2-1-3-5-6/h1-5H,(H,14,15). The van der Waals surface area contributed by atoms with Crippen LogP contribution in [0.4, 0.5) is 17.6 Å². The summed E-state index contributed by atoms with van der Waals surface area (Å²) in [4.78, 5) is 10.0. The summed E-state index contributed by atoms with van der Waals surface area (Å²) >= 11 is 0. The summed E-state index contributed by atoms with van der Waals surface area (Å²) in [5.74, 6) is -12.7. The van der Waals surface area contributed by atoms with Crippen LogP contribution in [0.1, 0.15) is 5.56 Å². The Balaban J connectivity index is 3.19. The number of aliphatic carboxylic acids is 1. The van der Waals surface area contributed by atoms with Gasteiger partial charge in [-0.25, -0.2) is 4.79 Å². The van der Waals surface area contributed by atoms with Crippen LogP contribution in [0.25, 0.3) is 0 Å². The van der Waals surface area contributed by atoms with Crippen molar-refractivity contribution < 1.29 is 27.5 Å². The lowest BCUT2D eigenvalue weighted by Crippen LogP contribution is -2.44. The molecule has 0 amide bonds. The number of hydrogen-bond donors (Lipinski definition) is 1. The first-order valence-electron chi connectivity index (χ1n) is 3.84. The number of carboxylic acid groups (broad SMARTS) is 1. The van der Waals surface area contributed by atoms with Crippen LogP contribution in [0.3, 0.4) is 0 Å². The largest absolute Gasteiger partial charge is 0.477 e. The van der Waals surface area contributed by atoms with E-state index in [1.807, 2.05) is 0 Å². The highest BCUT2D eigenvalue weighted by atomic mass is 19.3. The first-order chi connectivity index (χ1) is 6.80. The van der Waals surface area contributed by atoms with Gasteiger partial charge in [0, 0.05) is 5.56 Å². The van der Waals surface area contributed by atoms with Gasteiger partial charge in [-0.1, -0.05) is 30.3 Å². The maximum absolute atomic E-state index is 13.1. The first-order valence-corrected chi connectivity index (χ1v) is 3.84.